The molecule has 1 aliphatic rings. The molecule has 1 heterocycles. The molecule has 2 rings (SSSR count). The van der Waals surface area contributed by atoms with Crippen LogP contribution >= 0.6 is 24.0 Å². The molecule has 8 heteroatoms. The fraction of sp³-hybridized carbons (Fsp3) is 0.389. The zero-order chi connectivity index (χ0) is 19.1. The largest absolute Gasteiger partial charge is 0.497 e. The highest BCUT2D eigenvalue weighted by Gasteiger charge is 2.31. The third-order valence-electron chi connectivity index (χ3n) is 3.87. The predicted molar refractivity (Wildman–Crippen MR) is 106 cm³/mol. The summed E-state index contributed by atoms with van der Waals surface area (Å²) in [5.41, 5.74) is 0.744. The molecule has 0 spiro atoms. The lowest BCUT2D eigenvalue weighted by Gasteiger charge is -2.13. The van der Waals surface area contributed by atoms with Crippen LogP contribution in [0.15, 0.2) is 23.1 Å². The topological polar surface area (TPSA) is 76.1 Å². The Morgan fingerprint density at radius 3 is 2.69 bits per heavy atom. The van der Waals surface area contributed by atoms with Gasteiger partial charge in [-0.25, -0.2) is 0 Å². The second kappa shape index (κ2) is 9.59. The number of carboxylic acids is 1. The minimum Gasteiger partial charge on any atom is -0.497 e. The highest BCUT2D eigenvalue weighted by Crippen LogP contribution is 2.35. The maximum atomic E-state index is 12.6. The highest BCUT2D eigenvalue weighted by atomic mass is 32.2. The van der Waals surface area contributed by atoms with E-state index in [0.717, 1.165) is 18.4 Å². The van der Waals surface area contributed by atoms with E-state index in [1.807, 2.05) is 0 Å². The van der Waals surface area contributed by atoms with Gasteiger partial charge in [-0.05, 0) is 37.1 Å². The van der Waals surface area contributed by atoms with Crippen LogP contribution < -0.4 is 9.47 Å². The Bertz CT molecular complexity index is 732. The number of methoxy groups -OCH3 is 2. The lowest BCUT2D eigenvalue weighted by atomic mass is 10.1. The van der Waals surface area contributed by atoms with Crippen LogP contribution in [0.1, 0.15) is 31.2 Å². The van der Waals surface area contributed by atoms with Crippen molar-refractivity contribution < 1.29 is 24.2 Å². The van der Waals surface area contributed by atoms with Gasteiger partial charge >= 0.3 is 5.97 Å². The molecule has 1 fully saturated rings. The number of benzene rings is 1. The van der Waals surface area contributed by atoms with Crippen LogP contribution in [0.2, 0.25) is 0 Å². The summed E-state index contributed by atoms with van der Waals surface area (Å²) in [7, 11) is 3.15. The Labute approximate surface area is 162 Å². The number of carbonyl (C=O) groups is 2. The molecule has 6 nitrogen and oxygen atoms in total. The van der Waals surface area contributed by atoms with Crippen molar-refractivity contribution in [3.63, 3.8) is 0 Å². The van der Waals surface area contributed by atoms with Gasteiger partial charge in [0.25, 0.3) is 5.91 Å². The Hall–Kier alpha value is -2.06. The van der Waals surface area contributed by atoms with Gasteiger partial charge in [0.15, 0.2) is 0 Å². The number of carboxylic acid groups (broad SMARTS) is 1. The lowest BCUT2D eigenvalue weighted by Crippen LogP contribution is -2.29. The predicted octanol–water partition coefficient (Wildman–Crippen LogP) is 3.55. The molecule has 26 heavy (non-hydrogen) atoms. The first-order valence-electron chi connectivity index (χ1n) is 8.15. The van der Waals surface area contributed by atoms with Crippen molar-refractivity contribution in [1.29, 1.82) is 0 Å². The van der Waals surface area contributed by atoms with Crippen molar-refractivity contribution in [3.8, 4) is 11.5 Å². The molecule has 0 bridgehead atoms. The third-order valence-corrected chi connectivity index (χ3v) is 5.25. The van der Waals surface area contributed by atoms with Crippen molar-refractivity contribution in [3.05, 3.63) is 28.7 Å². The average Bonchev–Trinajstić information content (AvgIpc) is 2.88. The first-order chi connectivity index (χ1) is 12.5. The molecule has 1 aliphatic heterocycles. The number of thiocarbonyl (C=S) groups is 1. The molecule has 0 aromatic heterocycles. The van der Waals surface area contributed by atoms with E-state index in [9.17, 15) is 9.59 Å². The fourth-order valence-corrected chi connectivity index (χ4v) is 3.81. The van der Waals surface area contributed by atoms with Gasteiger partial charge in [-0.15, -0.1) is 0 Å². The van der Waals surface area contributed by atoms with Crippen molar-refractivity contribution >= 4 is 46.3 Å². The van der Waals surface area contributed by atoms with E-state index in [-0.39, 0.29) is 12.3 Å². The maximum absolute atomic E-state index is 12.6. The van der Waals surface area contributed by atoms with Gasteiger partial charge in [-0.1, -0.05) is 30.4 Å². The summed E-state index contributed by atoms with van der Waals surface area (Å²) in [5, 5.41) is 8.65. The Balaban J connectivity index is 2.06. The van der Waals surface area contributed by atoms with E-state index in [4.69, 9.17) is 26.8 Å². The summed E-state index contributed by atoms with van der Waals surface area (Å²) in [6.45, 7) is 0.497. The smallest absolute Gasteiger partial charge is 0.303 e. The molecule has 1 saturated heterocycles. The van der Waals surface area contributed by atoms with E-state index < -0.39 is 5.97 Å². The summed E-state index contributed by atoms with van der Waals surface area (Å²) in [6, 6.07) is 5.38. The van der Waals surface area contributed by atoms with Gasteiger partial charge in [0.1, 0.15) is 15.8 Å². The highest BCUT2D eigenvalue weighted by molar-refractivity contribution is 8.26. The number of hydrogen-bond donors (Lipinski definition) is 1. The summed E-state index contributed by atoms with van der Waals surface area (Å²) in [4.78, 5) is 25.3. The molecular weight excluding hydrogens is 374 g/mol. The molecule has 1 amide bonds. The monoisotopic (exact) mass is 395 g/mol. The van der Waals surface area contributed by atoms with Crippen molar-refractivity contribution in [1.82, 2.24) is 4.90 Å². The van der Waals surface area contributed by atoms with E-state index in [1.165, 1.54) is 11.8 Å². The molecule has 0 unspecified atom stereocenters. The first kappa shape index (κ1) is 20.3. The minimum atomic E-state index is -0.800. The maximum Gasteiger partial charge on any atom is 0.303 e. The van der Waals surface area contributed by atoms with E-state index in [2.05, 4.69) is 0 Å². The van der Waals surface area contributed by atoms with Gasteiger partial charge in [-0.3, -0.25) is 14.5 Å². The Morgan fingerprint density at radius 2 is 2.04 bits per heavy atom. The van der Waals surface area contributed by atoms with Crippen LogP contribution in [0.5, 0.6) is 11.5 Å². The number of unbranched alkanes of at least 4 members (excludes halogenated alkanes) is 2. The SMILES string of the molecule is COc1ccc(OC)c(C=C2SC(=S)N(CCCCCC(=O)O)C2=O)c1. The molecule has 0 saturated carbocycles. The van der Waals surface area contributed by atoms with Crippen LogP contribution in [0.4, 0.5) is 0 Å². The lowest BCUT2D eigenvalue weighted by molar-refractivity contribution is -0.137. The molecule has 140 valence electrons. The molecule has 1 aromatic rings. The number of ether oxygens (including phenoxy) is 2. The molecule has 0 radical (unpaired) electrons. The average molecular weight is 396 g/mol. The standard InChI is InChI=1S/C18H21NO5S2/c1-23-13-7-8-14(24-2)12(10-13)11-15-17(22)19(18(25)26-15)9-5-3-4-6-16(20)21/h7-8,10-11H,3-6,9H2,1-2H3,(H,20,21). The van der Waals surface area contributed by atoms with Gasteiger partial charge in [0.2, 0.25) is 0 Å². The third kappa shape index (κ3) is 5.22. The second-order valence-electron chi connectivity index (χ2n) is 5.65. The second-order valence-corrected chi connectivity index (χ2v) is 7.32. The van der Waals surface area contributed by atoms with E-state index in [0.29, 0.717) is 33.7 Å². The number of hydrogen-bond acceptors (Lipinski definition) is 6. The van der Waals surface area contributed by atoms with Gasteiger partial charge < -0.3 is 14.6 Å². The molecule has 1 aromatic carbocycles. The number of thioether (sulfide) groups is 1. The molecule has 0 atom stereocenters. The number of carbonyl (C=O) groups excluding carboxylic acids is 1. The summed E-state index contributed by atoms with van der Waals surface area (Å²) >= 11 is 6.57. The minimum absolute atomic E-state index is 0.136. The van der Waals surface area contributed by atoms with Gasteiger partial charge in [-0.2, -0.15) is 0 Å². The number of amides is 1. The molecular formula is C18H21NO5S2. The summed E-state index contributed by atoms with van der Waals surface area (Å²) in [6.07, 6.45) is 3.96. The normalized spacial score (nSPS) is 15.6. The quantitative estimate of drug-likeness (QED) is 0.389. The zero-order valence-electron chi connectivity index (χ0n) is 14.7. The van der Waals surface area contributed by atoms with Crippen LogP contribution in [-0.4, -0.2) is 47.0 Å². The zero-order valence-corrected chi connectivity index (χ0v) is 16.3. The van der Waals surface area contributed by atoms with Crippen LogP contribution in [0.3, 0.4) is 0 Å². The van der Waals surface area contributed by atoms with E-state index >= 15 is 0 Å². The number of nitrogens with zero attached hydrogens (tertiary/aromatic N) is 1. The molecule has 0 aliphatic carbocycles. The number of rotatable bonds is 9. The van der Waals surface area contributed by atoms with Crippen LogP contribution in [-0.2, 0) is 9.59 Å². The van der Waals surface area contributed by atoms with Crippen molar-refractivity contribution in [2.24, 2.45) is 0 Å². The summed E-state index contributed by atoms with van der Waals surface area (Å²) in [5.74, 6) is 0.379. The van der Waals surface area contributed by atoms with Crippen molar-refractivity contribution in [2.45, 2.75) is 25.7 Å². The number of aliphatic carboxylic acids is 1. The first-order valence-corrected chi connectivity index (χ1v) is 9.38. The Kier molecular flexibility index (Phi) is 7.47. The van der Waals surface area contributed by atoms with Crippen molar-refractivity contribution in [2.75, 3.05) is 20.8 Å². The molecule has 1 N–H and O–H groups in total. The van der Waals surface area contributed by atoms with Crippen LogP contribution in [0, 0.1) is 0 Å². The fourth-order valence-electron chi connectivity index (χ4n) is 2.51. The van der Waals surface area contributed by atoms with E-state index in [1.54, 1.807) is 43.4 Å². The van der Waals surface area contributed by atoms with Crippen LogP contribution in [0.25, 0.3) is 6.08 Å². The van der Waals surface area contributed by atoms with Gasteiger partial charge in [0.05, 0.1) is 19.1 Å². The summed E-state index contributed by atoms with van der Waals surface area (Å²) < 4.78 is 11.1. The Morgan fingerprint density at radius 1 is 1.27 bits per heavy atom. The van der Waals surface area contributed by atoms with Gasteiger partial charge in [0, 0.05) is 18.5 Å².